The van der Waals surface area contributed by atoms with Crippen molar-refractivity contribution in [1.82, 2.24) is 0 Å². The van der Waals surface area contributed by atoms with Gasteiger partial charge in [-0.25, -0.2) is 0 Å². The van der Waals surface area contributed by atoms with E-state index in [0.717, 1.165) is 37.4 Å². The Hall–Kier alpha value is -1.04. The maximum atomic E-state index is 5.82. The molecule has 1 saturated carbocycles. The predicted molar refractivity (Wildman–Crippen MR) is 133 cm³/mol. The van der Waals surface area contributed by atoms with E-state index in [1.165, 1.54) is 68.1 Å². The van der Waals surface area contributed by atoms with E-state index in [9.17, 15) is 0 Å². The summed E-state index contributed by atoms with van der Waals surface area (Å²) in [4.78, 5) is 0. The lowest BCUT2D eigenvalue weighted by molar-refractivity contribution is -0.148. The SMILES string of the molecule is CC1=C(C#CC2=CCCC3(C)C2CCC3C(C)CCCC2(C)OCCO2)CC(C)CC1C. The van der Waals surface area contributed by atoms with E-state index in [1.54, 1.807) is 0 Å². The molecule has 0 bridgehead atoms. The van der Waals surface area contributed by atoms with Crippen molar-refractivity contribution in [3.05, 3.63) is 22.8 Å². The first kappa shape index (κ1) is 24.1. The third kappa shape index (κ3) is 4.90. The summed E-state index contributed by atoms with van der Waals surface area (Å²) in [6.45, 7) is 15.8. The number of ether oxygens (including phenoxy) is 2. The Kier molecular flexibility index (Phi) is 7.29. The van der Waals surface area contributed by atoms with Crippen LogP contribution in [0.2, 0.25) is 0 Å². The Balaban J connectivity index is 1.41. The Morgan fingerprint density at radius 1 is 1.12 bits per heavy atom. The van der Waals surface area contributed by atoms with E-state index in [4.69, 9.17) is 9.47 Å². The van der Waals surface area contributed by atoms with Crippen LogP contribution in [0, 0.1) is 46.8 Å². The van der Waals surface area contributed by atoms with Crippen LogP contribution in [0.25, 0.3) is 0 Å². The van der Waals surface area contributed by atoms with Gasteiger partial charge < -0.3 is 9.47 Å². The Bertz CT molecular complexity index is 802. The second kappa shape index (κ2) is 9.68. The Labute approximate surface area is 197 Å². The summed E-state index contributed by atoms with van der Waals surface area (Å²) < 4.78 is 11.6. The fourth-order valence-corrected chi connectivity index (χ4v) is 7.50. The molecule has 4 rings (SSSR count). The van der Waals surface area contributed by atoms with E-state index in [2.05, 4.69) is 59.5 Å². The van der Waals surface area contributed by atoms with Crippen molar-refractivity contribution in [2.75, 3.05) is 13.2 Å². The third-order valence-electron chi connectivity index (χ3n) is 9.59. The molecule has 0 aromatic carbocycles. The van der Waals surface area contributed by atoms with Gasteiger partial charge in [0, 0.05) is 17.6 Å². The lowest BCUT2D eigenvalue weighted by Gasteiger charge is -2.42. The molecule has 0 spiro atoms. The molecule has 0 N–H and O–H groups in total. The van der Waals surface area contributed by atoms with Gasteiger partial charge in [-0.3, -0.25) is 0 Å². The minimum absolute atomic E-state index is 0.334. The van der Waals surface area contributed by atoms with E-state index >= 15 is 0 Å². The zero-order valence-corrected chi connectivity index (χ0v) is 21.6. The average Bonchev–Trinajstić information content (AvgIpc) is 3.33. The van der Waals surface area contributed by atoms with Gasteiger partial charge in [-0.05, 0) is 93.8 Å². The highest BCUT2D eigenvalue weighted by atomic mass is 16.7. The fourth-order valence-electron chi connectivity index (χ4n) is 7.50. The topological polar surface area (TPSA) is 18.5 Å². The zero-order chi connectivity index (χ0) is 22.9. The Morgan fingerprint density at radius 2 is 1.88 bits per heavy atom. The molecule has 1 heterocycles. The average molecular weight is 439 g/mol. The minimum atomic E-state index is -0.334. The highest BCUT2D eigenvalue weighted by Gasteiger charge is 2.50. The van der Waals surface area contributed by atoms with Crippen LogP contribution in [0.3, 0.4) is 0 Å². The molecule has 32 heavy (non-hydrogen) atoms. The van der Waals surface area contributed by atoms with Gasteiger partial charge >= 0.3 is 0 Å². The fraction of sp³-hybridized carbons (Fsp3) is 0.800. The van der Waals surface area contributed by atoms with E-state index in [1.807, 2.05) is 0 Å². The largest absolute Gasteiger partial charge is 0.348 e. The number of rotatable bonds is 5. The maximum absolute atomic E-state index is 5.82. The van der Waals surface area contributed by atoms with Gasteiger partial charge in [0.2, 0.25) is 0 Å². The molecule has 1 aliphatic heterocycles. The molecule has 2 fully saturated rings. The summed E-state index contributed by atoms with van der Waals surface area (Å²) in [6.07, 6.45) is 13.7. The summed E-state index contributed by atoms with van der Waals surface area (Å²) in [5, 5.41) is 0. The van der Waals surface area contributed by atoms with Crippen molar-refractivity contribution in [2.45, 2.75) is 105 Å². The second-order valence-corrected chi connectivity index (χ2v) is 12.0. The molecule has 0 amide bonds. The molecular weight excluding hydrogens is 392 g/mol. The van der Waals surface area contributed by atoms with Crippen LogP contribution in [0.1, 0.15) is 99.3 Å². The molecule has 6 atom stereocenters. The van der Waals surface area contributed by atoms with Gasteiger partial charge in [0.15, 0.2) is 5.79 Å². The molecule has 0 aromatic rings. The third-order valence-corrected chi connectivity index (χ3v) is 9.59. The number of hydrogen-bond donors (Lipinski definition) is 0. The number of fused-ring (bicyclic) bond motifs is 1. The number of allylic oxidation sites excluding steroid dienone is 4. The molecule has 0 aromatic heterocycles. The van der Waals surface area contributed by atoms with Crippen molar-refractivity contribution in [2.24, 2.45) is 35.0 Å². The summed E-state index contributed by atoms with van der Waals surface area (Å²) in [6, 6.07) is 0. The van der Waals surface area contributed by atoms with E-state index in [-0.39, 0.29) is 5.79 Å². The van der Waals surface area contributed by atoms with Crippen LogP contribution in [-0.2, 0) is 9.47 Å². The van der Waals surface area contributed by atoms with Crippen molar-refractivity contribution >= 4 is 0 Å². The maximum Gasteiger partial charge on any atom is 0.165 e. The van der Waals surface area contributed by atoms with Crippen LogP contribution < -0.4 is 0 Å². The van der Waals surface area contributed by atoms with Gasteiger partial charge in [0.05, 0.1) is 13.2 Å². The molecule has 2 nitrogen and oxygen atoms in total. The van der Waals surface area contributed by atoms with Gasteiger partial charge in [-0.2, -0.15) is 0 Å². The normalized spacial score (nSPS) is 37.5. The smallest absolute Gasteiger partial charge is 0.165 e. The summed E-state index contributed by atoms with van der Waals surface area (Å²) in [7, 11) is 0. The molecule has 1 saturated heterocycles. The Morgan fingerprint density at radius 3 is 2.62 bits per heavy atom. The first-order valence-corrected chi connectivity index (χ1v) is 13.4. The van der Waals surface area contributed by atoms with Crippen molar-refractivity contribution < 1.29 is 9.47 Å². The first-order chi connectivity index (χ1) is 15.2. The van der Waals surface area contributed by atoms with Crippen LogP contribution in [0.5, 0.6) is 0 Å². The lowest BCUT2D eigenvalue weighted by Crippen LogP contribution is -2.35. The second-order valence-electron chi connectivity index (χ2n) is 12.0. The van der Waals surface area contributed by atoms with Crippen LogP contribution in [-0.4, -0.2) is 19.0 Å². The molecule has 3 aliphatic carbocycles. The van der Waals surface area contributed by atoms with Gasteiger partial charge in [-0.1, -0.05) is 57.6 Å². The minimum Gasteiger partial charge on any atom is -0.348 e. The van der Waals surface area contributed by atoms with Crippen LogP contribution >= 0.6 is 0 Å². The van der Waals surface area contributed by atoms with Crippen LogP contribution in [0.15, 0.2) is 22.8 Å². The predicted octanol–water partition coefficient (Wildman–Crippen LogP) is 7.69. The van der Waals surface area contributed by atoms with Crippen LogP contribution in [0.4, 0.5) is 0 Å². The van der Waals surface area contributed by atoms with Gasteiger partial charge in [0.1, 0.15) is 0 Å². The molecule has 6 unspecified atom stereocenters. The van der Waals surface area contributed by atoms with E-state index in [0.29, 0.717) is 17.3 Å². The van der Waals surface area contributed by atoms with Gasteiger partial charge in [0.25, 0.3) is 0 Å². The molecule has 4 aliphatic rings. The zero-order valence-electron chi connectivity index (χ0n) is 21.6. The summed E-state index contributed by atoms with van der Waals surface area (Å²) >= 11 is 0. The molecule has 0 radical (unpaired) electrons. The monoisotopic (exact) mass is 438 g/mol. The first-order valence-electron chi connectivity index (χ1n) is 13.4. The van der Waals surface area contributed by atoms with Crippen molar-refractivity contribution in [3.8, 4) is 11.8 Å². The highest BCUT2D eigenvalue weighted by Crippen LogP contribution is 2.58. The van der Waals surface area contributed by atoms with Gasteiger partial charge in [-0.15, -0.1) is 0 Å². The highest BCUT2D eigenvalue weighted by molar-refractivity contribution is 5.44. The molecule has 178 valence electrons. The molecule has 2 heteroatoms. The molecular formula is C30H46O2. The lowest BCUT2D eigenvalue weighted by atomic mass is 9.62. The standard InChI is InChI=1S/C30H46O2/c1-21-19-23(3)24(4)26(20-21)12-11-25-10-8-15-29(5)27(13-14-28(25)29)22(2)9-7-16-30(6)31-17-18-32-30/h10,21-23,27-28H,7-9,13-20H2,1-6H3. The summed E-state index contributed by atoms with van der Waals surface area (Å²) in [5.41, 5.74) is 4.84. The van der Waals surface area contributed by atoms with Crippen molar-refractivity contribution in [1.29, 1.82) is 0 Å². The van der Waals surface area contributed by atoms with Crippen molar-refractivity contribution in [3.63, 3.8) is 0 Å². The summed E-state index contributed by atoms with van der Waals surface area (Å²) in [5.74, 6) is 10.8. The van der Waals surface area contributed by atoms with E-state index < -0.39 is 0 Å². The quantitative estimate of drug-likeness (QED) is 0.409. The number of hydrogen-bond acceptors (Lipinski definition) is 2.